The Bertz CT molecular complexity index is 843. The fraction of sp³-hybridized carbons (Fsp3) is 0.296. The first-order chi connectivity index (χ1) is 14.8. The van der Waals surface area contributed by atoms with Crippen molar-refractivity contribution in [2.75, 3.05) is 23.0 Å². The van der Waals surface area contributed by atoms with E-state index in [-0.39, 0.29) is 0 Å². The van der Waals surface area contributed by atoms with Gasteiger partial charge in [-0.2, -0.15) is 5.10 Å². The van der Waals surface area contributed by atoms with Crippen LogP contribution in [0.2, 0.25) is 0 Å². The zero-order chi connectivity index (χ0) is 21.0. The van der Waals surface area contributed by atoms with Gasteiger partial charge < -0.3 is 4.90 Å². The fourth-order valence-electron chi connectivity index (χ4n) is 3.48. The van der Waals surface area contributed by atoms with Crippen LogP contribution in [0.1, 0.15) is 45.1 Å². The first-order valence-corrected chi connectivity index (χ1v) is 11.1. The molecule has 3 heteroatoms. The second-order valence-corrected chi connectivity index (χ2v) is 7.48. The number of hydrogen-bond donors (Lipinski definition) is 0. The minimum absolute atomic E-state index is 1.05. The molecule has 0 aliphatic carbocycles. The lowest BCUT2D eigenvalue weighted by molar-refractivity contribution is 0.678. The number of anilines is 3. The predicted molar refractivity (Wildman–Crippen MR) is 131 cm³/mol. The predicted octanol–water partition coefficient (Wildman–Crippen LogP) is 7.27. The number of para-hydroxylation sites is 3. The number of rotatable bonds is 11. The molecular weight excluding hydrogens is 366 g/mol. The standard InChI is InChI=1S/C27H33N3/c1-3-5-21-29(22-6-4-2)27-20-14-13-15-24(27)23-28-30(25-16-9-7-10-17-25)26-18-11-8-12-19-26/h7-20,23H,3-6,21-22H2,1-2H3/b28-23+. The molecule has 156 valence electrons. The Balaban J connectivity index is 1.93. The summed E-state index contributed by atoms with van der Waals surface area (Å²) in [6.45, 7) is 6.68. The lowest BCUT2D eigenvalue weighted by atomic mass is 10.1. The van der Waals surface area contributed by atoms with Crippen molar-refractivity contribution in [2.45, 2.75) is 39.5 Å². The molecule has 3 aromatic rings. The van der Waals surface area contributed by atoms with Gasteiger partial charge in [-0.25, -0.2) is 5.01 Å². The van der Waals surface area contributed by atoms with E-state index in [1.807, 2.05) is 47.6 Å². The minimum atomic E-state index is 1.05. The third-order valence-electron chi connectivity index (χ3n) is 5.15. The first kappa shape index (κ1) is 21.6. The van der Waals surface area contributed by atoms with E-state index in [1.165, 1.54) is 31.4 Å². The second kappa shape index (κ2) is 11.8. The average molecular weight is 400 g/mol. The van der Waals surface area contributed by atoms with E-state index in [4.69, 9.17) is 5.10 Å². The molecule has 0 fully saturated rings. The van der Waals surface area contributed by atoms with Gasteiger partial charge in [0.25, 0.3) is 0 Å². The summed E-state index contributed by atoms with van der Waals surface area (Å²) in [5.74, 6) is 0. The summed E-state index contributed by atoms with van der Waals surface area (Å²) < 4.78 is 0. The number of nitrogens with zero attached hydrogens (tertiary/aromatic N) is 3. The van der Waals surface area contributed by atoms with E-state index >= 15 is 0 Å². The van der Waals surface area contributed by atoms with Crippen LogP contribution < -0.4 is 9.91 Å². The third-order valence-corrected chi connectivity index (χ3v) is 5.15. The number of unbranched alkanes of at least 4 members (excludes halogenated alkanes) is 2. The quantitative estimate of drug-likeness (QED) is 0.249. The van der Waals surface area contributed by atoms with Gasteiger partial charge in [0.05, 0.1) is 17.6 Å². The molecule has 3 nitrogen and oxygen atoms in total. The van der Waals surface area contributed by atoms with Crippen LogP contribution in [0.15, 0.2) is 90.0 Å². The van der Waals surface area contributed by atoms with Gasteiger partial charge >= 0.3 is 0 Å². The normalized spacial score (nSPS) is 11.0. The van der Waals surface area contributed by atoms with E-state index in [2.05, 4.69) is 67.3 Å². The highest BCUT2D eigenvalue weighted by Crippen LogP contribution is 2.26. The molecule has 0 amide bonds. The van der Waals surface area contributed by atoms with E-state index in [9.17, 15) is 0 Å². The zero-order valence-electron chi connectivity index (χ0n) is 18.2. The van der Waals surface area contributed by atoms with Crippen molar-refractivity contribution in [3.05, 3.63) is 90.5 Å². The van der Waals surface area contributed by atoms with E-state index < -0.39 is 0 Å². The van der Waals surface area contributed by atoms with Crippen molar-refractivity contribution < 1.29 is 0 Å². The largest absolute Gasteiger partial charge is 0.371 e. The molecule has 0 radical (unpaired) electrons. The van der Waals surface area contributed by atoms with E-state index in [1.54, 1.807) is 0 Å². The molecule has 0 aromatic heterocycles. The number of hydrazone groups is 1. The highest BCUT2D eigenvalue weighted by atomic mass is 15.5. The molecule has 0 saturated heterocycles. The van der Waals surface area contributed by atoms with Crippen LogP contribution in [0.4, 0.5) is 17.1 Å². The van der Waals surface area contributed by atoms with Crippen molar-refractivity contribution >= 4 is 23.3 Å². The Morgan fingerprint density at radius 2 is 1.17 bits per heavy atom. The lowest BCUT2D eigenvalue weighted by Gasteiger charge is -2.26. The van der Waals surface area contributed by atoms with Gasteiger partial charge in [0, 0.05) is 24.3 Å². The van der Waals surface area contributed by atoms with Crippen LogP contribution in [0.5, 0.6) is 0 Å². The summed E-state index contributed by atoms with van der Waals surface area (Å²) >= 11 is 0. The SMILES string of the molecule is CCCCN(CCCC)c1ccccc1/C=N/N(c1ccccc1)c1ccccc1. The van der Waals surface area contributed by atoms with Crippen LogP contribution in [0, 0.1) is 0 Å². The summed E-state index contributed by atoms with van der Waals surface area (Å²) in [6, 6.07) is 29.2. The van der Waals surface area contributed by atoms with Crippen LogP contribution in [0.25, 0.3) is 0 Å². The molecule has 3 aromatic carbocycles. The Morgan fingerprint density at radius 1 is 0.667 bits per heavy atom. The Labute approximate surface area is 181 Å². The first-order valence-electron chi connectivity index (χ1n) is 11.1. The fourth-order valence-corrected chi connectivity index (χ4v) is 3.48. The average Bonchev–Trinajstić information content (AvgIpc) is 2.81. The van der Waals surface area contributed by atoms with Gasteiger partial charge in [-0.1, -0.05) is 81.3 Å². The molecule has 3 rings (SSSR count). The maximum absolute atomic E-state index is 4.92. The summed E-state index contributed by atoms with van der Waals surface area (Å²) in [7, 11) is 0. The van der Waals surface area contributed by atoms with Crippen molar-refractivity contribution in [1.82, 2.24) is 0 Å². The molecule has 0 saturated carbocycles. The van der Waals surface area contributed by atoms with Gasteiger partial charge in [-0.05, 0) is 43.2 Å². The van der Waals surface area contributed by atoms with Crippen LogP contribution in [-0.2, 0) is 0 Å². The molecule has 0 aliphatic heterocycles. The summed E-state index contributed by atoms with van der Waals surface area (Å²) in [5.41, 5.74) is 4.52. The van der Waals surface area contributed by atoms with Gasteiger partial charge in [-0.15, -0.1) is 0 Å². The van der Waals surface area contributed by atoms with Crippen LogP contribution >= 0.6 is 0 Å². The Hall–Kier alpha value is -3.07. The van der Waals surface area contributed by atoms with Gasteiger partial charge in [-0.3, -0.25) is 0 Å². The Kier molecular flexibility index (Phi) is 8.52. The van der Waals surface area contributed by atoms with Gasteiger partial charge in [0.15, 0.2) is 0 Å². The van der Waals surface area contributed by atoms with Crippen molar-refractivity contribution in [1.29, 1.82) is 0 Å². The molecule has 0 spiro atoms. The monoisotopic (exact) mass is 399 g/mol. The van der Waals surface area contributed by atoms with E-state index in [0.717, 1.165) is 30.0 Å². The maximum Gasteiger partial charge on any atom is 0.0652 e. The van der Waals surface area contributed by atoms with Crippen LogP contribution in [0.3, 0.4) is 0 Å². The smallest absolute Gasteiger partial charge is 0.0652 e. The van der Waals surface area contributed by atoms with E-state index in [0.29, 0.717) is 0 Å². The molecule has 30 heavy (non-hydrogen) atoms. The number of benzene rings is 3. The lowest BCUT2D eigenvalue weighted by Crippen LogP contribution is -2.26. The second-order valence-electron chi connectivity index (χ2n) is 7.48. The summed E-state index contributed by atoms with van der Waals surface area (Å²) in [5, 5.41) is 6.92. The van der Waals surface area contributed by atoms with Crippen molar-refractivity contribution in [2.24, 2.45) is 5.10 Å². The summed E-state index contributed by atoms with van der Waals surface area (Å²) in [6.07, 6.45) is 6.81. The summed E-state index contributed by atoms with van der Waals surface area (Å²) in [4.78, 5) is 2.52. The highest BCUT2D eigenvalue weighted by molar-refractivity contribution is 5.89. The maximum atomic E-state index is 4.92. The molecule has 0 bridgehead atoms. The molecule has 0 aliphatic rings. The van der Waals surface area contributed by atoms with Crippen molar-refractivity contribution in [3.8, 4) is 0 Å². The number of hydrogen-bond acceptors (Lipinski definition) is 3. The molecule has 0 unspecified atom stereocenters. The highest BCUT2D eigenvalue weighted by Gasteiger charge is 2.11. The minimum Gasteiger partial charge on any atom is -0.371 e. The molecule has 0 heterocycles. The third kappa shape index (κ3) is 5.96. The van der Waals surface area contributed by atoms with Gasteiger partial charge in [0.2, 0.25) is 0 Å². The topological polar surface area (TPSA) is 18.8 Å². The zero-order valence-corrected chi connectivity index (χ0v) is 18.2. The van der Waals surface area contributed by atoms with Crippen LogP contribution in [-0.4, -0.2) is 19.3 Å². The molecular formula is C27H33N3. The van der Waals surface area contributed by atoms with Gasteiger partial charge in [0.1, 0.15) is 0 Å². The van der Waals surface area contributed by atoms with Crippen molar-refractivity contribution in [3.63, 3.8) is 0 Å². The molecule has 0 atom stereocenters. The Morgan fingerprint density at radius 3 is 1.70 bits per heavy atom. The molecule has 0 N–H and O–H groups in total.